The number of carbonyl (C=O) groups is 2. The van der Waals surface area contributed by atoms with E-state index in [-0.39, 0.29) is 24.2 Å². The Hall–Kier alpha value is -1.84. The molecule has 1 heterocycles. The molecule has 0 aliphatic carbocycles. The number of imide groups is 1. The lowest BCUT2D eigenvalue weighted by Gasteiger charge is -2.15. The number of amides is 2. The van der Waals surface area contributed by atoms with Gasteiger partial charge in [-0.05, 0) is 30.2 Å². The summed E-state index contributed by atoms with van der Waals surface area (Å²) in [6.07, 6.45) is 0.775. The number of anilines is 1. The highest BCUT2D eigenvalue weighted by molar-refractivity contribution is 6.42. The SMILES string of the molecule is O=C1C[C@@H](Cc2ccccc2)C(=O)N1c1ccc(Cl)c(Cl)c1. The highest BCUT2D eigenvalue weighted by atomic mass is 35.5. The van der Waals surface area contributed by atoms with Gasteiger partial charge in [0.1, 0.15) is 0 Å². The second-order valence-electron chi connectivity index (χ2n) is 5.26. The van der Waals surface area contributed by atoms with Crippen molar-refractivity contribution in [1.29, 1.82) is 0 Å². The second-order valence-corrected chi connectivity index (χ2v) is 6.07. The summed E-state index contributed by atoms with van der Waals surface area (Å²) in [4.78, 5) is 26.0. The first-order chi connectivity index (χ1) is 10.6. The molecule has 0 spiro atoms. The third kappa shape index (κ3) is 2.87. The molecule has 0 bridgehead atoms. The Morgan fingerprint density at radius 2 is 1.73 bits per heavy atom. The van der Waals surface area contributed by atoms with Crippen LogP contribution in [0.1, 0.15) is 12.0 Å². The van der Waals surface area contributed by atoms with Crippen LogP contribution in [0.4, 0.5) is 5.69 Å². The number of benzene rings is 2. The highest BCUT2D eigenvalue weighted by Gasteiger charge is 2.39. The second kappa shape index (κ2) is 6.11. The van der Waals surface area contributed by atoms with E-state index in [2.05, 4.69) is 0 Å². The van der Waals surface area contributed by atoms with Crippen LogP contribution in [-0.4, -0.2) is 11.8 Å². The Labute approximate surface area is 138 Å². The number of carbonyl (C=O) groups excluding carboxylic acids is 2. The summed E-state index contributed by atoms with van der Waals surface area (Å²) in [5.41, 5.74) is 1.52. The molecule has 1 fully saturated rings. The fourth-order valence-corrected chi connectivity index (χ4v) is 2.94. The summed E-state index contributed by atoms with van der Waals surface area (Å²) in [6, 6.07) is 14.5. The van der Waals surface area contributed by atoms with Gasteiger partial charge in [0, 0.05) is 6.42 Å². The molecule has 1 aliphatic heterocycles. The molecule has 112 valence electrons. The van der Waals surface area contributed by atoms with Crippen molar-refractivity contribution < 1.29 is 9.59 Å². The minimum Gasteiger partial charge on any atom is -0.274 e. The van der Waals surface area contributed by atoms with Crippen LogP contribution in [0.3, 0.4) is 0 Å². The number of rotatable bonds is 3. The van der Waals surface area contributed by atoms with E-state index in [9.17, 15) is 9.59 Å². The fraction of sp³-hybridized carbons (Fsp3) is 0.176. The zero-order valence-corrected chi connectivity index (χ0v) is 13.1. The minimum atomic E-state index is -0.329. The molecular formula is C17H13Cl2NO2. The van der Waals surface area contributed by atoms with Crippen molar-refractivity contribution in [2.75, 3.05) is 4.90 Å². The number of hydrogen-bond acceptors (Lipinski definition) is 2. The molecular weight excluding hydrogens is 321 g/mol. The van der Waals surface area contributed by atoms with Gasteiger partial charge in [0.2, 0.25) is 11.8 Å². The summed E-state index contributed by atoms with van der Waals surface area (Å²) in [6.45, 7) is 0. The summed E-state index contributed by atoms with van der Waals surface area (Å²) in [5, 5.41) is 0.719. The quantitative estimate of drug-likeness (QED) is 0.792. The van der Waals surface area contributed by atoms with Crippen molar-refractivity contribution in [3.63, 3.8) is 0 Å². The maximum atomic E-state index is 12.5. The Morgan fingerprint density at radius 1 is 1.00 bits per heavy atom. The molecule has 3 nitrogen and oxygen atoms in total. The summed E-state index contributed by atoms with van der Waals surface area (Å²) >= 11 is 11.8. The monoisotopic (exact) mass is 333 g/mol. The van der Waals surface area contributed by atoms with E-state index in [0.29, 0.717) is 22.2 Å². The van der Waals surface area contributed by atoms with Crippen molar-refractivity contribution in [3.05, 3.63) is 64.1 Å². The lowest BCUT2D eigenvalue weighted by atomic mass is 9.98. The molecule has 0 N–H and O–H groups in total. The average Bonchev–Trinajstić information content (AvgIpc) is 2.78. The van der Waals surface area contributed by atoms with E-state index in [1.165, 1.54) is 4.90 Å². The minimum absolute atomic E-state index is 0.188. The van der Waals surface area contributed by atoms with Gasteiger partial charge in [-0.2, -0.15) is 0 Å². The van der Waals surface area contributed by atoms with Crippen LogP contribution in [0.15, 0.2) is 48.5 Å². The maximum Gasteiger partial charge on any atom is 0.237 e. The van der Waals surface area contributed by atoms with Crippen molar-refractivity contribution >= 4 is 40.7 Å². The lowest BCUT2D eigenvalue weighted by Crippen LogP contribution is -2.30. The van der Waals surface area contributed by atoms with E-state index < -0.39 is 0 Å². The van der Waals surface area contributed by atoms with Crippen LogP contribution in [0.25, 0.3) is 0 Å². The van der Waals surface area contributed by atoms with Crippen molar-refractivity contribution in [1.82, 2.24) is 0 Å². The first kappa shape index (κ1) is 15.1. The van der Waals surface area contributed by atoms with Gasteiger partial charge in [0.25, 0.3) is 0 Å². The molecule has 1 atom stereocenters. The normalized spacial score (nSPS) is 18.1. The van der Waals surface area contributed by atoms with Crippen LogP contribution < -0.4 is 4.90 Å². The van der Waals surface area contributed by atoms with Crippen LogP contribution in [0.5, 0.6) is 0 Å². The first-order valence-electron chi connectivity index (χ1n) is 6.92. The van der Waals surface area contributed by atoms with Crippen molar-refractivity contribution in [3.8, 4) is 0 Å². The van der Waals surface area contributed by atoms with Gasteiger partial charge in [-0.1, -0.05) is 53.5 Å². The molecule has 3 rings (SSSR count). The van der Waals surface area contributed by atoms with E-state index in [1.54, 1.807) is 18.2 Å². The van der Waals surface area contributed by atoms with Gasteiger partial charge in [-0.3, -0.25) is 14.5 Å². The van der Waals surface area contributed by atoms with Gasteiger partial charge >= 0.3 is 0 Å². The largest absolute Gasteiger partial charge is 0.274 e. The van der Waals surface area contributed by atoms with Crippen LogP contribution in [0.2, 0.25) is 10.0 Å². The topological polar surface area (TPSA) is 37.4 Å². The van der Waals surface area contributed by atoms with Crippen molar-refractivity contribution in [2.45, 2.75) is 12.8 Å². The molecule has 1 saturated heterocycles. The average molecular weight is 334 g/mol. The molecule has 22 heavy (non-hydrogen) atoms. The first-order valence-corrected chi connectivity index (χ1v) is 7.67. The number of hydrogen-bond donors (Lipinski definition) is 0. The number of nitrogens with zero attached hydrogens (tertiary/aromatic N) is 1. The van der Waals surface area contributed by atoms with Gasteiger partial charge in [0.15, 0.2) is 0 Å². The zero-order valence-electron chi connectivity index (χ0n) is 11.6. The third-order valence-corrected chi connectivity index (χ3v) is 4.47. The predicted octanol–water partition coefficient (Wildman–Crippen LogP) is 4.12. The molecule has 0 radical (unpaired) electrons. The van der Waals surface area contributed by atoms with Gasteiger partial charge in [-0.15, -0.1) is 0 Å². The van der Waals surface area contributed by atoms with Crippen LogP contribution in [0, 0.1) is 5.92 Å². The van der Waals surface area contributed by atoms with E-state index in [4.69, 9.17) is 23.2 Å². The van der Waals surface area contributed by atoms with E-state index in [0.717, 1.165) is 5.56 Å². The Morgan fingerprint density at radius 3 is 2.41 bits per heavy atom. The highest BCUT2D eigenvalue weighted by Crippen LogP contribution is 2.32. The van der Waals surface area contributed by atoms with E-state index >= 15 is 0 Å². The lowest BCUT2D eigenvalue weighted by molar-refractivity contribution is -0.122. The molecule has 5 heteroatoms. The van der Waals surface area contributed by atoms with Gasteiger partial charge in [-0.25, -0.2) is 0 Å². The van der Waals surface area contributed by atoms with Crippen molar-refractivity contribution in [2.24, 2.45) is 5.92 Å². The molecule has 2 aromatic rings. The van der Waals surface area contributed by atoms with Gasteiger partial charge < -0.3 is 0 Å². The summed E-state index contributed by atoms with van der Waals surface area (Å²) < 4.78 is 0. The zero-order chi connectivity index (χ0) is 15.7. The molecule has 0 saturated carbocycles. The maximum absolute atomic E-state index is 12.5. The number of halogens is 2. The van der Waals surface area contributed by atoms with Crippen LogP contribution in [-0.2, 0) is 16.0 Å². The summed E-state index contributed by atoms with van der Waals surface area (Å²) in [5.74, 6) is -0.721. The third-order valence-electron chi connectivity index (χ3n) is 3.73. The Balaban J connectivity index is 1.83. The van der Waals surface area contributed by atoms with E-state index in [1.807, 2.05) is 30.3 Å². The fourth-order valence-electron chi connectivity index (χ4n) is 2.65. The Bertz CT molecular complexity index is 731. The predicted molar refractivity (Wildman–Crippen MR) is 87.2 cm³/mol. The molecule has 1 aliphatic rings. The smallest absolute Gasteiger partial charge is 0.237 e. The standard InChI is InChI=1S/C17H13Cl2NO2/c18-14-7-6-13(10-15(14)19)20-16(21)9-12(17(20)22)8-11-4-2-1-3-5-11/h1-7,10,12H,8-9H2/t12-/m1/s1. The van der Waals surface area contributed by atoms with Gasteiger partial charge in [0.05, 0.1) is 21.7 Å². The Kier molecular flexibility index (Phi) is 4.19. The summed E-state index contributed by atoms with van der Waals surface area (Å²) in [7, 11) is 0. The molecule has 0 unspecified atom stereocenters. The molecule has 0 aromatic heterocycles. The molecule has 2 aromatic carbocycles. The van der Waals surface area contributed by atoms with Crippen LogP contribution >= 0.6 is 23.2 Å². The molecule has 2 amide bonds.